The Kier molecular flexibility index (Phi) is 4.57. The Morgan fingerprint density at radius 2 is 2.00 bits per heavy atom. The Morgan fingerprint density at radius 1 is 1.42 bits per heavy atom. The van der Waals surface area contributed by atoms with Gasteiger partial charge in [-0.1, -0.05) is 13.8 Å². The quantitative estimate of drug-likeness (QED) is 0.657. The zero-order valence-electron chi connectivity index (χ0n) is 7.41. The van der Waals surface area contributed by atoms with E-state index < -0.39 is 5.97 Å². The molecular weight excluding hydrogens is 178 g/mol. The van der Waals surface area contributed by atoms with Crippen molar-refractivity contribution in [3.05, 3.63) is 0 Å². The van der Waals surface area contributed by atoms with Crippen LogP contribution in [0, 0.1) is 11.8 Å². The fraction of sp³-hybridized carbons (Fsp3) is 0.875. The van der Waals surface area contributed by atoms with Crippen LogP contribution in [-0.2, 0) is 4.79 Å². The van der Waals surface area contributed by atoms with Crippen LogP contribution in [-0.4, -0.2) is 23.7 Å². The molecule has 0 saturated carbocycles. The molecule has 0 aromatic carbocycles. The van der Waals surface area contributed by atoms with Crippen molar-refractivity contribution in [2.24, 2.45) is 11.8 Å². The number of hydrogen-bond acceptors (Lipinski definition) is 2. The van der Waals surface area contributed by atoms with Crippen molar-refractivity contribution in [3.8, 4) is 0 Å². The molecule has 0 radical (unpaired) electrons. The highest BCUT2D eigenvalue weighted by atomic mass is 35.5. The number of halogens is 1. The molecule has 0 bridgehead atoms. The molecule has 0 aromatic rings. The summed E-state index contributed by atoms with van der Waals surface area (Å²) in [5.74, 6) is 0.409. The van der Waals surface area contributed by atoms with Crippen molar-refractivity contribution >= 4 is 18.4 Å². The molecule has 3 atom stereocenters. The van der Waals surface area contributed by atoms with Crippen molar-refractivity contribution in [2.75, 3.05) is 6.54 Å². The molecule has 3 unspecified atom stereocenters. The molecule has 0 amide bonds. The summed E-state index contributed by atoms with van der Waals surface area (Å²) in [6, 6.07) is -0.318. The smallest absolute Gasteiger partial charge is 0.320 e. The summed E-state index contributed by atoms with van der Waals surface area (Å²) in [5.41, 5.74) is 0. The molecule has 1 rings (SSSR count). The normalized spacial score (nSPS) is 35.3. The number of carboxylic acid groups (broad SMARTS) is 1. The fourth-order valence-corrected chi connectivity index (χ4v) is 1.40. The summed E-state index contributed by atoms with van der Waals surface area (Å²) < 4.78 is 0. The second kappa shape index (κ2) is 4.67. The van der Waals surface area contributed by atoms with Gasteiger partial charge >= 0.3 is 5.97 Å². The Hall–Kier alpha value is -0.280. The molecular formula is C8H16ClNO2. The van der Waals surface area contributed by atoms with E-state index in [4.69, 9.17) is 5.11 Å². The highest BCUT2D eigenvalue weighted by Crippen LogP contribution is 2.20. The number of carboxylic acids is 1. The minimum Gasteiger partial charge on any atom is -0.480 e. The number of hydrogen-bond donors (Lipinski definition) is 2. The van der Waals surface area contributed by atoms with Crippen molar-refractivity contribution in [1.29, 1.82) is 0 Å². The summed E-state index contributed by atoms with van der Waals surface area (Å²) >= 11 is 0. The van der Waals surface area contributed by atoms with Crippen LogP contribution in [0.25, 0.3) is 0 Å². The summed E-state index contributed by atoms with van der Waals surface area (Å²) in [5, 5.41) is 11.7. The molecule has 4 heteroatoms. The van der Waals surface area contributed by atoms with Crippen LogP contribution in [0.5, 0.6) is 0 Å². The fourth-order valence-electron chi connectivity index (χ4n) is 1.40. The lowest BCUT2D eigenvalue weighted by Crippen LogP contribution is -2.46. The molecule has 3 nitrogen and oxygen atoms in total. The van der Waals surface area contributed by atoms with Gasteiger partial charge in [0.1, 0.15) is 6.04 Å². The molecule has 1 aliphatic rings. The maximum Gasteiger partial charge on any atom is 0.320 e. The lowest BCUT2D eigenvalue weighted by molar-refractivity contribution is -0.140. The van der Waals surface area contributed by atoms with Crippen LogP contribution in [0.3, 0.4) is 0 Å². The van der Waals surface area contributed by atoms with Gasteiger partial charge < -0.3 is 10.4 Å². The van der Waals surface area contributed by atoms with E-state index in [2.05, 4.69) is 19.2 Å². The Bertz CT molecular complexity index is 163. The third-order valence-corrected chi connectivity index (χ3v) is 2.56. The van der Waals surface area contributed by atoms with Crippen molar-refractivity contribution in [2.45, 2.75) is 26.3 Å². The maximum atomic E-state index is 10.5. The van der Waals surface area contributed by atoms with Crippen LogP contribution in [0.15, 0.2) is 0 Å². The van der Waals surface area contributed by atoms with Gasteiger partial charge in [0.2, 0.25) is 0 Å². The lowest BCUT2D eigenvalue weighted by atomic mass is 9.86. The van der Waals surface area contributed by atoms with Gasteiger partial charge in [0, 0.05) is 0 Å². The average Bonchev–Trinajstić information content (AvgIpc) is 1.94. The summed E-state index contributed by atoms with van der Waals surface area (Å²) in [4.78, 5) is 10.5. The molecule has 2 N–H and O–H groups in total. The summed E-state index contributed by atoms with van der Waals surface area (Å²) in [7, 11) is 0. The molecule has 0 aromatic heterocycles. The molecule has 1 fully saturated rings. The summed E-state index contributed by atoms with van der Waals surface area (Å²) in [6.07, 6.45) is 0.760. The van der Waals surface area contributed by atoms with E-state index in [9.17, 15) is 4.79 Å². The minimum absolute atomic E-state index is 0. The Morgan fingerprint density at radius 3 is 2.42 bits per heavy atom. The van der Waals surface area contributed by atoms with Gasteiger partial charge in [0.05, 0.1) is 0 Å². The molecule has 1 heterocycles. The van der Waals surface area contributed by atoms with Gasteiger partial charge in [0.15, 0.2) is 0 Å². The number of piperidine rings is 1. The number of aliphatic carboxylic acids is 1. The van der Waals surface area contributed by atoms with Crippen LogP contribution < -0.4 is 5.32 Å². The molecule has 1 aliphatic heterocycles. The highest BCUT2D eigenvalue weighted by Gasteiger charge is 2.27. The zero-order chi connectivity index (χ0) is 8.43. The topological polar surface area (TPSA) is 49.3 Å². The summed E-state index contributed by atoms with van der Waals surface area (Å²) in [6.45, 7) is 5.09. The Labute approximate surface area is 78.9 Å². The predicted octanol–water partition coefficient (Wildman–Crippen LogP) is 1.13. The molecule has 0 aliphatic carbocycles. The first-order chi connectivity index (χ1) is 5.11. The van der Waals surface area contributed by atoms with E-state index in [1.807, 2.05) is 0 Å². The first-order valence-corrected chi connectivity index (χ1v) is 4.07. The molecule has 72 valence electrons. The second-order valence-corrected chi connectivity index (χ2v) is 3.49. The van der Waals surface area contributed by atoms with Gasteiger partial charge in [-0.05, 0) is 24.8 Å². The molecule has 12 heavy (non-hydrogen) atoms. The number of rotatable bonds is 1. The largest absolute Gasteiger partial charge is 0.480 e. The highest BCUT2D eigenvalue weighted by molar-refractivity contribution is 5.85. The third kappa shape index (κ3) is 2.64. The standard InChI is InChI=1S/C8H15NO2.ClH/c1-5-3-7(8(10)11)9-4-6(5)2;/h5-7,9H,3-4H2,1-2H3,(H,10,11);1H. The maximum absolute atomic E-state index is 10.5. The van der Waals surface area contributed by atoms with E-state index in [0.717, 1.165) is 13.0 Å². The van der Waals surface area contributed by atoms with Gasteiger partial charge in [0.25, 0.3) is 0 Å². The zero-order valence-corrected chi connectivity index (χ0v) is 8.23. The van der Waals surface area contributed by atoms with E-state index in [1.165, 1.54) is 0 Å². The van der Waals surface area contributed by atoms with Gasteiger partial charge in [-0.15, -0.1) is 12.4 Å². The third-order valence-electron chi connectivity index (χ3n) is 2.56. The van der Waals surface area contributed by atoms with E-state index in [-0.39, 0.29) is 18.4 Å². The number of nitrogens with one attached hydrogen (secondary N) is 1. The van der Waals surface area contributed by atoms with Gasteiger partial charge in [-0.2, -0.15) is 0 Å². The van der Waals surface area contributed by atoms with E-state index in [0.29, 0.717) is 11.8 Å². The van der Waals surface area contributed by atoms with Crippen LogP contribution in [0.2, 0.25) is 0 Å². The van der Waals surface area contributed by atoms with Gasteiger partial charge in [-0.3, -0.25) is 4.79 Å². The van der Waals surface area contributed by atoms with E-state index in [1.54, 1.807) is 0 Å². The van der Waals surface area contributed by atoms with E-state index >= 15 is 0 Å². The first kappa shape index (κ1) is 11.7. The Balaban J connectivity index is 0.00000121. The first-order valence-electron chi connectivity index (χ1n) is 4.07. The second-order valence-electron chi connectivity index (χ2n) is 3.49. The van der Waals surface area contributed by atoms with Crippen molar-refractivity contribution < 1.29 is 9.90 Å². The minimum atomic E-state index is -0.719. The lowest BCUT2D eigenvalue weighted by Gasteiger charge is -2.30. The van der Waals surface area contributed by atoms with Crippen LogP contribution in [0.1, 0.15) is 20.3 Å². The molecule has 1 saturated heterocycles. The predicted molar refractivity (Wildman–Crippen MR) is 49.6 cm³/mol. The van der Waals surface area contributed by atoms with Gasteiger partial charge in [-0.25, -0.2) is 0 Å². The van der Waals surface area contributed by atoms with Crippen molar-refractivity contribution in [3.63, 3.8) is 0 Å². The number of carbonyl (C=O) groups is 1. The SMILES string of the molecule is CC1CNC(C(=O)O)CC1C.Cl. The average molecular weight is 194 g/mol. The van der Waals surface area contributed by atoms with Crippen LogP contribution >= 0.6 is 12.4 Å². The van der Waals surface area contributed by atoms with Crippen LogP contribution in [0.4, 0.5) is 0 Å². The van der Waals surface area contributed by atoms with Crippen molar-refractivity contribution in [1.82, 2.24) is 5.32 Å². The monoisotopic (exact) mass is 193 g/mol. The molecule has 0 spiro atoms.